The van der Waals surface area contributed by atoms with E-state index in [1.54, 1.807) is 22.9 Å². The van der Waals surface area contributed by atoms with E-state index in [-0.39, 0.29) is 30.2 Å². The summed E-state index contributed by atoms with van der Waals surface area (Å²) in [5.74, 6) is -0.805. The van der Waals surface area contributed by atoms with Crippen LogP contribution in [-0.4, -0.2) is 63.5 Å². The second-order valence-electron chi connectivity index (χ2n) is 9.85. The van der Waals surface area contributed by atoms with Crippen molar-refractivity contribution in [2.45, 2.75) is 72.2 Å². The molecule has 0 bridgehead atoms. The number of aliphatic hydroxyl groups excluding tert-OH is 1. The number of nitrogens with zero attached hydrogens (tertiary/aromatic N) is 3. The highest BCUT2D eigenvalue weighted by Gasteiger charge is 2.49. The number of carbonyl (C=O) groups is 2. The second-order valence-corrected chi connectivity index (χ2v) is 9.85. The Morgan fingerprint density at radius 1 is 1.34 bits per heavy atom. The lowest BCUT2D eigenvalue weighted by Gasteiger charge is -2.38. The number of likely N-dealkylation sites (tertiary alicyclic amines) is 1. The maximum Gasteiger partial charge on any atom is 0.226 e. The first-order valence-electron chi connectivity index (χ1n) is 10.2. The van der Waals surface area contributed by atoms with Crippen molar-refractivity contribution >= 4 is 11.8 Å². The Kier molecular flexibility index (Phi) is 7.11. The van der Waals surface area contributed by atoms with Gasteiger partial charge in [-0.2, -0.15) is 5.10 Å². The number of rotatable bonds is 7. The SMILES string of the molecule is COCCn1cc([C@@H]2[C@@H](C(=O)NC[C@H](O)C(C)(C)C)CC(=O)N2C(C)(C)C)cn1. The number of amides is 2. The summed E-state index contributed by atoms with van der Waals surface area (Å²) < 4.78 is 6.87. The van der Waals surface area contributed by atoms with E-state index < -0.39 is 23.6 Å². The lowest BCUT2D eigenvalue weighted by molar-refractivity contribution is -0.133. The van der Waals surface area contributed by atoms with Gasteiger partial charge in [0.2, 0.25) is 11.8 Å². The van der Waals surface area contributed by atoms with Crippen LogP contribution >= 0.6 is 0 Å². The summed E-state index contributed by atoms with van der Waals surface area (Å²) in [5.41, 5.74) is 0.0624. The van der Waals surface area contributed by atoms with Crippen molar-refractivity contribution in [3.63, 3.8) is 0 Å². The first kappa shape index (κ1) is 23.3. The zero-order valence-corrected chi connectivity index (χ0v) is 18.7. The number of aliphatic hydroxyl groups is 1. The van der Waals surface area contributed by atoms with E-state index in [0.717, 1.165) is 5.56 Å². The Labute approximate surface area is 173 Å². The minimum atomic E-state index is -0.669. The normalized spacial score (nSPS) is 21.5. The molecule has 0 unspecified atom stereocenters. The van der Waals surface area contributed by atoms with Gasteiger partial charge >= 0.3 is 0 Å². The summed E-state index contributed by atoms with van der Waals surface area (Å²) in [6.45, 7) is 12.9. The first-order valence-corrected chi connectivity index (χ1v) is 10.2. The van der Waals surface area contributed by atoms with Crippen LogP contribution in [0.25, 0.3) is 0 Å². The van der Waals surface area contributed by atoms with Crippen molar-refractivity contribution in [1.82, 2.24) is 20.0 Å². The molecular formula is C21H36N4O4. The highest BCUT2D eigenvalue weighted by atomic mass is 16.5. The number of hydrogen-bond donors (Lipinski definition) is 2. The molecule has 8 heteroatoms. The molecule has 164 valence electrons. The lowest BCUT2D eigenvalue weighted by Crippen LogP contribution is -2.46. The molecule has 2 heterocycles. The van der Waals surface area contributed by atoms with Crippen LogP contribution in [0.4, 0.5) is 0 Å². The summed E-state index contributed by atoms with van der Waals surface area (Å²) in [6.07, 6.45) is 3.08. The van der Waals surface area contributed by atoms with Crippen LogP contribution in [0.5, 0.6) is 0 Å². The number of hydrogen-bond acceptors (Lipinski definition) is 5. The van der Waals surface area contributed by atoms with Gasteiger partial charge in [0.1, 0.15) is 0 Å². The molecule has 0 saturated carbocycles. The Morgan fingerprint density at radius 2 is 2.00 bits per heavy atom. The molecule has 0 aliphatic carbocycles. The molecule has 2 amide bonds. The summed E-state index contributed by atoms with van der Waals surface area (Å²) in [5, 5.41) is 17.5. The van der Waals surface area contributed by atoms with Gasteiger partial charge in [-0.15, -0.1) is 0 Å². The fourth-order valence-electron chi connectivity index (χ4n) is 3.62. The molecule has 2 rings (SSSR count). The van der Waals surface area contributed by atoms with Crippen LogP contribution in [-0.2, 0) is 20.9 Å². The second kappa shape index (κ2) is 8.83. The van der Waals surface area contributed by atoms with Gasteiger partial charge in [0.05, 0.1) is 37.4 Å². The average molecular weight is 409 g/mol. The minimum absolute atomic E-state index is 0.0522. The summed E-state index contributed by atoms with van der Waals surface area (Å²) in [6, 6.07) is -0.398. The van der Waals surface area contributed by atoms with Crippen LogP contribution < -0.4 is 5.32 Å². The molecule has 1 aromatic heterocycles. The minimum Gasteiger partial charge on any atom is -0.391 e. The number of nitrogens with one attached hydrogen (secondary N) is 1. The summed E-state index contributed by atoms with van der Waals surface area (Å²) >= 11 is 0. The zero-order chi connectivity index (χ0) is 22.0. The molecule has 8 nitrogen and oxygen atoms in total. The molecule has 0 spiro atoms. The third-order valence-electron chi connectivity index (χ3n) is 5.37. The van der Waals surface area contributed by atoms with E-state index in [9.17, 15) is 14.7 Å². The number of methoxy groups -OCH3 is 1. The Bertz CT molecular complexity index is 717. The van der Waals surface area contributed by atoms with Gasteiger partial charge in [-0.3, -0.25) is 14.3 Å². The van der Waals surface area contributed by atoms with Gasteiger partial charge in [-0.05, 0) is 26.2 Å². The highest BCUT2D eigenvalue weighted by molar-refractivity contribution is 5.90. The van der Waals surface area contributed by atoms with Gasteiger partial charge < -0.3 is 20.1 Å². The van der Waals surface area contributed by atoms with E-state index in [2.05, 4.69) is 10.4 Å². The summed E-state index contributed by atoms with van der Waals surface area (Å²) in [7, 11) is 1.63. The molecule has 1 fully saturated rings. The van der Waals surface area contributed by atoms with Crippen molar-refractivity contribution < 1.29 is 19.4 Å². The largest absolute Gasteiger partial charge is 0.391 e. The standard InChI is InChI=1S/C21H36N4O4/c1-20(2,3)16(26)12-22-19(28)15-10-17(27)25(21(4,5)6)18(15)14-11-23-24(13-14)8-9-29-7/h11,13,15-16,18,26H,8-10,12H2,1-7H3,(H,22,28)/t15-,16-,18+/m0/s1. The van der Waals surface area contributed by atoms with Crippen molar-refractivity contribution in [2.24, 2.45) is 11.3 Å². The average Bonchev–Trinajstić information content (AvgIpc) is 3.20. The van der Waals surface area contributed by atoms with Crippen molar-refractivity contribution in [3.05, 3.63) is 18.0 Å². The van der Waals surface area contributed by atoms with Gasteiger partial charge in [0.15, 0.2) is 0 Å². The molecule has 1 aliphatic rings. The van der Waals surface area contributed by atoms with Gasteiger partial charge in [0, 0.05) is 37.4 Å². The van der Waals surface area contributed by atoms with E-state index in [4.69, 9.17) is 4.74 Å². The number of carbonyl (C=O) groups excluding carboxylic acids is 2. The fourth-order valence-corrected chi connectivity index (χ4v) is 3.62. The predicted octanol–water partition coefficient (Wildman–Crippen LogP) is 1.74. The van der Waals surface area contributed by atoms with Gasteiger partial charge in [-0.25, -0.2) is 0 Å². The van der Waals surface area contributed by atoms with Crippen molar-refractivity contribution in [1.29, 1.82) is 0 Å². The third kappa shape index (κ3) is 5.57. The fraction of sp³-hybridized carbons (Fsp3) is 0.762. The molecule has 0 aromatic carbocycles. The maximum absolute atomic E-state index is 13.0. The van der Waals surface area contributed by atoms with Crippen LogP contribution in [0, 0.1) is 11.3 Å². The Hall–Kier alpha value is -1.93. The van der Waals surface area contributed by atoms with Crippen LogP contribution in [0.1, 0.15) is 59.6 Å². The maximum atomic E-state index is 13.0. The van der Waals surface area contributed by atoms with E-state index in [0.29, 0.717) is 13.2 Å². The van der Waals surface area contributed by atoms with Crippen LogP contribution in [0.3, 0.4) is 0 Å². The molecular weight excluding hydrogens is 372 g/mol. The molecule has 3 atom stereocenters. The smallest absolute Gasteiger partial charge is 0.226 e. The van der Waals surface area contributed by atoms with E-state index in [1.807, 2.05) is 47.7 Å². The van der Waals surface area contributed by atoms with E-state index >= 15 is 0 Å². The van der Waals surface area contributed by atoms with Crippen molar-refractivity contribution in [2.75, 3.05) is 20.3 Å². The molecule has 1 aliphatic heterocycles. The highest BCUT2D eigenvalue weighted by Crippen LogP contribution is 2.42. The summed E-state index contributed by atoms with van der Waals surface area (Å²) in [4.78, 5) is 27.6. The van der Waals surface area contributed by atoms with Crippen LogP contribution in [0.15, 0.2) is 12.4 Å². The zero-order valence-electron chi connectivity index (χ0n) is 18.7. The van der Waals surface area contributed by atoms with Crippen molar-refractivity contribution in [3.8, 4) is 0 Å². The predicted molar refractivity (Wildman–Crippen MR) is 110 cm³/mol. The van der Waals surface area contributed by atoms with Crippen LogP contribution in [0.2, 0.25) is 0 Å². The number of ether oxygens (including phenoxy) is 1. The quantitative estimate of drug-likeness (QED) is 0.716. The first-order chi connectivity index (χ1) is 13.4. The Morgan fingerprint density at radius 3 is 2.55 bits per heavy atom. The molecule has 1 saturated heterocycles. The number of aromatic nitrogens is 2. The van der Waals surface area contributed by atoms with E-state index in [1.165, 1.54) is 0 Å². The van der Waals surface area contributed by atoms with Gasteiger partial charge in [0.25, 0.3) is 0 Å². The Balaban J connectivity index is 2.26. The monoisotopic (exact) mass is 408 g/mol. The topological polar surface area (TPSA) is 96.7 Å². The third-order valence-corrected chi connectivity index (χ3v) is 5.37. The molecule has 1 aromatic rings. The lowest BCUT2D eigenvalue weighted by atomic mass is 9.88. The molecule has 29 heavy (non-hydrogen) atoms. The molecule has 0 radical (unpaired) electrons. The molecule has 2 N–H and O–H groups in total. The van der Waals surface area contributed by atoms with Gasteiger partial charge in [-0.1, -0.05) is 20.8 Å².